The van der Waals surface area contributed by atoms with Gasteiger partial charge >= 0.3 is 5.92 Å². The molecule has 0 aliphatic carbocycles. The first kappa shape index (κ1) is 13.2. The van der Waals surface area contributed by atoms with Gasteiger partial charge in [0.1, 0.15) is 11.9 Å². The van der Waals surface area contributed by atoms with Crippen LogP contribution in [0.5, 0.6) is 0 Å². The maximum absolute atomic E-state index is 13.6. The normalized spacial score (nSPS) is 26.2. The van der Waals surface area contributed by atoms with Crippen LogP contribution in [0.4, 0.5) is 13.2 Å². The van der Waals surface area contributed by atoms with E-state index in [4.69, 9.17) is 11.6 Å². The number of amides is 1. The second-order valence-corrected chi connectivity index (χ2v) is 4.47. The largest absolute Gasteiger partial charge is 0.384 e. The lowest BCUT2D eigenvalue weighted by molar-refractivity contribution is -0.150. The standard InChI is InChI=1S/C11H9ClF3NO2/c12-6-3-1-2-5(8(6)13)4-7-9(17)11(14,15)10(18)16-7/h1-3,7,9,17H,4H2,(H,16,18). The Morgan fingerprint density at radius 2 is 2.11 bits per heavy atom. The van der Waals surface area contributed by atoms with Crippen LogP contribution in [0.25, 0.3) is 0 Å². The molecule has 1 fully saturated rings. The fraction of sp³-hybridized carbons (Fsp3) is 0.364. The maximum atomic E-state index is 13.6. The van der Waals surface area contributed by atoms with Gasteiger partial charge in [0.2, 0.25) is 0 Å². The van der Waals surface area contributed by atoms with Gasteiger partial charge in [0.25, 0.3) is 5.91 Å². The number of benzene rings is 1. The minimum absolute atomic E-state index is 0.0598. The Bertz CT molecular complexity index is 495. The second kappa shape index (κ2) is 4.44. The van der Waals surface area contributed by atoms with Crippen LogP contribution in [0.1, 0.15) is 5.56 Å². The molecule has 98 valence electrons. The van der Waals surface area contributed by atoms with Gasteiger partial charge in [-0.25, -0.2) is 4.39 Å². The molecule has 3 nitrogen and oxygen atoms in total. The molecule has 0 radical (unpaired) electrons. The van der Waals surface area contributed by atoms with Gasteiger partial charge < -0.3 is 10.4 Å². The average molecular weight is 280 g/mol. The highest BCUT2D eigenvalue weighted by atomic mass is 35.5. The molecule has 0 bridgehead atoms. The zero-order chi connectivity index (χ0) is 13.5. The molecule has 0 saturated carbocycles. The molecule has 1 aliphatic rings. The molecular formula is C11H9ClF3NO2. The predicted octanol–water partition coefficient (Wildman–Crippen LogP) is 1.52. The van der Waals surface area contributed by atoms with E-state index in [-0.39, 0.29) is 17.0 Å². The van der Waals surface area contributed by atoms with Crippen molar-refractivity contribution in [3.63, 3.8) is 0 Å². The van der Waals surface area contributed by atoms with Crippen LogP contribution in [0.2, 0.25) is 5.02 Å². The number of alkyl halides is 2. The number of halogens is 4. The zero-order valence-electron chi connectivity index (χ0n) is 8.96. The van der Waals surface area contributed by atoms with E-state index in [1.54, 1.807) is 0 Å². The fourth-order valence-electron chi connectivity index (χ4n) is 1.84. The Morgan fingerprint density at radius 1 is 1.44 bits per heavy atom. The van der Waals surface area contributed by atoms with Crippen molar-refractivity contribution >= 4 is 17.5 Å². The van der Waals surface area contributed by atoms with Gasteiger partial charge in [-0.2, -0.15) is 8.78 Å². The van der Waals surface area contributed by atoms with Crippen molar-refractivity contribution in [1.29, 1.82) is 0 Å². The lowest BCUT2D eigenvalue weighted by Gasteiger charge is -2.16. The fourth-order valence-corrected chi connectivity index (χ4v) is 2.03. The van der Waals surface area contributed by atoms with E-state index in [1.807, 2.05) is 5.32 Å². The summed E-state index contributed by atoms with van der Waals surface area (Å²) >= 11 is 5.55. The van der Waals surface area contributed by atoms with Gasteiger partial charge in [0.05, 0.1) is 11.1 Å². The van der Waals surface area contributed by atoms with Crippen molar-refractivity contribution in [3.05, 3.63) is 34.6 Å². The third-order valence-electron chi connectivity index (χ3n) is 2.84. The summed E-state index contributed by atoms with van der Waals surface area (Å²) in [5, 5.41) is 11.1. The molecule has 2 rings (SSSR count). The van der Waals surface area contributed by atoms with Crippen molar-refractivity contribution in [2.75, 3.05) is 0 Å². The lowest BCUT2D eigenvalue weighted by atomic mass is 10.0. The van der Waals surface area contributed by atoms with Gasteiger partial charge in [0.15, 0.2) is 0 Å². The van der Waals surface area contributed by atoms with Crippen molar-refractivity contribution in [1.82, 2.24) is 5.32 Å². The number of carbonyl (C=O) groups excluding carboxylic acids is 1. The van der Waals surface area contributed by atoms with Crippen molar-refractivity contribution in [2.24, 2.45) is 0 Å². The van der Waals surface area contributed by atoms with Crippen LogP contribution in [0.15, 0.2) is 18.2 Å². The number of hydrogen-bond donors (Lipinski definition) is 2. The summed E-state index contributed by atoms with van der Waals surface area (Å²) in [5.41, 5.74) is 0.0598. The first-order valence-electron chi connectivity index (χ1n) is 5.13. The minimum Gasteiger partial charge on any atom is -0.384 e. The molecule has 7 heteroatoms. The molecule has 2 atom stereocenters. The van der Waals surface area contributed by atoms with Crippen molar-refractivity contribution in [2.45, 2.75) is 24.5 Å². The molecule has 1 amide bonds. The molecule has 1 saturated heterocycles. The summed E-state index contributed by atoms with van der Waals surface area (Å²) in [6.45, 7) is 0. The van der Waals surface area contributed by atoms with Crippen LogP contribution in [-0.2, 0) is 11.2 Å². The van der Waals surface area contributed by atoms with Gasteiger partial charge in [0, 0.05) is 0 Å². The summed E-state index contributed by atoms with van der Waals surface area (Å²) in [4.78, 5) is 10.9. The highest BCUT2D eigenvalue weighted by Gasteiger charge is 2.56. The summed E-state index contributed by atoms with van der Waals surface area (Å²) in [6, 6.07) is 2.90. The highest BCUT2D eigenvalue weighted by molar-refractivity contribution is 6.30. The van der Waals surface area contributed by atoms with Crippen LogP contribution < -0.4 is 5.32 Å². The van der Waals surface area contributed by atoms with Gasteiger partial charge in [-0.3, -0.25) is 4.79 Å². The van der Waals surface area contributed by atoms with Crippen LogP contribution in [0.3, 0.4) is 0 Å². The monoisotopic (exact) mass is 279 g/mol. The predicted molar refractivity (Wildman–Crippen MR) is 58.0 cm³/mol. The molecule has 18 heavy (non-hydrogen) atoms. The van der Waals surface area contributed by atoms with Crippen molar-refractivity contribution < 1.29 is 23.1 Å². The van der Waals surface area contributed by atoms with E-state index in [0.29, 0.717) is 0 Å². The van der Waals surface area contributed by atoms with Crippen LogP contribution in [0, 0.1) is 5.82 Å². The number of rotatable bonds is 2. The topological polar surface area (TPSA) is 49.3 Å². The van der Waals surface area contributed by atoms with Crippen LogP contribution >= 0.6 is 11.6 Å². The number of hydrogen-bond acceptors (Lipinski definition) is 2. The van der Waals surface area contributed by atoms with Gasteiger partial charge in [-0.15, -0.1) is 0 Å². The molecule has 1 aromatic rings. The zero-order valence-corrected chi connectivity index (χ0v) is 9.72. The Kier molecular flexibility index (Phi) is 3.25. The van der Waals surface area contributed by atoms with Crippen molar-refractivity contribution in [3.8, 4) is 0 Å². The molecule has 1 aromatic carbocycles. The van der Waals surface area contributed by atoms with E-state index in [1.165, 1.54) is 18.2 Å². The first-order valence-corrected chi connectivity index (χ1v) is 5.51. The maximum Gasteiger partial charge on any atom is 0.351 e. The average Bonchev–Trinajstić information content (AvgIpc) is 2.49. The number of aliphatic hydroxyl groups excluding tert-OH is 1. The van der Waals surface area contributed by atoms with E-state index in [0.717, 1.165) is 0 Å². The first-order chi connectivity index (χ1) is 8.34. The SMILES string of the molecule is O=C1NC(Cc2cccc(Cl)c2F)C(O)C1(F)F. The molecule has 1 aliphatic heterocycles. The Morgan fingerprint density at radius 3 is 2.67 bits per heavy atom. The Balaban J connectivity index is 2.21. The third-order valence-corrected chi connectivity index (χ3v) is 3.14. The molecule has 0 spiro atoms. The molecule has 0 aromatic heterocycles. The quantitative estimate of drug-likeness (QED) is 0.862. The Hall–Kier alpha value is -1.27. The molecule has 1 heterocycles. The summed E-state index contributed by atoms with van der Waals surface area (Å²) in [6.07, 6.45) is -2.43. The number of aliphatic hydroxyl groups is 1. The summed E-state index contributed by atoms with van der Waals surface area (Å²) in [7, 11) is 0. The number of nitrogens with one attached hydrogen (secondary N) is 1. The second-order valence-electron chi connectivity index (χ2n) is 4.06. The van der Waals surface area contributed by atoms with Crippen LogP contribution in [-0.4, -0.2) is 29.1 Å². The lowest BCUT2D eigenvalue weighted by Crippen LogP contribution is -2.38. The van der Waals surface area contributed by atoms with Gasteiger partial charge in [-0.1, -0.05) is 23.7 Å². The number of carbonyl (C=O) groups is 1. The summed E-state index contributed by atoms with van der Waals surface area (Å²) in [5.74, 6) is -6.14. The van der Waals surface area contributed by atoms with E-state index in [2.05, 4.69) is 0 Å². The summed E-state index contributed by atoms with van der Waals surface area (Å²) < 4.78 is 39.7. The molecular weight excluding hydrogens is 271 g/mol. The minimum atomic E-state index is -3.85. The van der Waals surface area contributed by atoms with E-state index in [9.17, 15) is 23.1 Å². The highest BCUT2D eigenvalue weighted by Crippen LogP contribution is 2.30. The Labute approximate surface area is 106 Å². The van der Waals surface area contributed by atoms with E-state index >= 15 is 0 Å². The molecule has 2 N–H and O–H groups in total. The third kappa shape index (κ3) is 2.06. The smallest absolute Gasteiger partial charge is 0.351 e. The van der Waals surface area contributed by atoms with Gasteiger partial charge in [-0.05, 0) is 18.1 Å². The molecule has 2 unspecified atom stereocenters. The van der Waals surface area contributed by atoms with E-state index < -0.39 is 29.8 Å².